The summed E-state index contributed by atoms with van der Waals surface area (Å²) in [7, 11) is 0. The van der Waals surface area contributed by atoms with E-state index in [1.54, 1.807) is 0 Å². The van der Waals surface area contributed by atoms with Crippen molar-refractivity contribution >= 4 is 11.9 Å². The van der Waals surface area contributed by atoms with E-state index in [1.165, 1.54) is 0 Å². The fourth-order valence-electron chi connectivity index (χ4n) is 4.66. The number of esters is 2. The van der Waals surface area contributed by atoms with Gasteiger partial charge in [0.1, 0.15) is 13.2 Å². The van der Waals surface area contributed by atoms with Gasteiger partial charge < -0.3 is 19.7 Å². The van der Waals surface area contributed by atoms with Gasteiger partial charge in [-0.3, -0.25) is 9.59 Å². The van der Waals surface area contributed by atoms with E-state index < -0.39 is 18.6 Å². The summed E-state index contributed by atoms with van der Waals surface area (Å²) in [6, 6.07) is 0. The fraction of sp³-hybridized carbons (Fsp3) is 0.659. The van der Waals surface area contributed by atoms with E-state index in [2.05, 4.69) is 86.8 Å². The summed E-state index contributed by atoms with van der Waals surface area (Å²) in [5.74, 6) is -0.710. The molecule has 0 aliphatic carbocycles. The number of unbranched alkanes of at least 4 members (excludes halogenated alkanes) is 10. The molecular formula is C41H68O6. The molecule has 2 N–H and O–H groups in total. The number of hydrogen-bond acceptors (Lipinski definition) is 6. The van der Waals surface area contributed by atoms with Crippen molar-refractivity contribution in [2.24, 2.45) is 5.41 Å². The highest BCUT2D eigenvalue weighted by molar-refractivity contribution is 5.69. The first-order valence-corrected chi connectivity index (χ1v) is 18.5. The standard InChI is InChI=1S/C41H68O6/c1-3-5-7-9-11-13-15-17-19-21-23-25-27-29-31-33-39(44)46-37-41(35-42,36-43)38-47-40(45)34-32-30-28-26-24-22-20-18-16-14-12-10-8-6-4-2/h5-8,11-14,17-20,42-43H,3-4,9-10,15-16,21-38H2,1-2H3/b7-5-,8-6-,13-11-,14-12-,19-17-,20-18-. The molecule has 0 unspecified atom stereocenters. The molecule has 6 nitrogen and oxygen atoms in total. The van der Waals surface area contributed by atoms with Crippen LogP contribution < -0.4 is 0 Å². The Morgan fingerprint density at radius 3 is 1.15 bits per heavy atom. The first-order chi connectivity index (χ1) is 23.0. The van der Waals surface area contributed by atoms with E-state index in [0.717, 1.165) is 116 Å². The molecule has 0 saturated carbocycles. The summed E-state index contributed by atoms with van der Waals surface area (Å²) in [5, 5.41) is 19.7. The first-order valence-electron chi connectivity index (χ1n) is 18.5. The average molecular weight is 657 g/mol. The quantitative estimate of drug-likeness (QED) is 0.0425. The predicted molar refractivity (Wildman–Crippen MR) is 197 cm³/mol. The lowest BCUT2D eigenvalue weighted by atomic mass is 9.92. The van der Waals surface area contributed by atoms with Crippen LogP contribution in [0.15, 0.2) is 72.9 Å². The molecule has 0 aliphatic heterocycles. The van der Waals surface area contributed by atoms with Gasteiger partial charge in [-0.1, -0.05) is 125 Å². The second kappa shape index (κ2) is 34.6. The van der Waals surface area contributed by atoms with E-state index >= 15 is 0 Å². The van der Waals surface area contributed by atoms with Crippen molar-refractivity contribution in [1.82, 2.24) is 0 Å². The van der Waals surface area contributed by atoms with Crippen LogP contribution >= 0.6 is 0 Å². The Morgan fingerprint density at radius 2 is 0.787 bits per heavy atom. The van der Waals surface area contributed by atoms with E-state index in [9.17, 15) is 19.8 Å². The molecule has 0 rings (SSSR count). The van der Waals surface area contributed by atoms with Crippen LogP contribution in [0, 0.1) is 5.41 Å². The summed E-state index contributed by atoms with van der Waals surface area (Å²) < 4.78 is 10.7. The van der Waals surface area contributed by atoms with Crippen molar-refractivity contribution in [3.63, 3.8) is 0 Å². The third-order valence-corrected chi connectivity index (χ3v) is 7.81. The molecule has 268 valence electrons. The minimum Gasteiger partial charge on any atom is -0.465 e. The van der Waals surface area contributed by atoms with Crippen LogP contribution in [0.5, 0.6) is 0 Å². The van der Waals surface area contributed by atoms with Crippen molar-refractivity contribution in [3.05, 3.63) is 72.9 Å². The maximum absolute atomic E-state index is 12.2. The van der Waals surface area contributed by atoms with Crippen LogP contribution in [0.3, 0.4) is 0 Å². The summed E-state index contributed by atoms with van der Waals surface area (Å²) in [5.41, 5.74) is -1.18. The molecule has 0 radical (unpaired) electrons. The summed E-state index contributed by atoms with van der Waals surface area (Å²) in [6.45, 7) is 3.05. The van der Waals surface area contributed by atoms with E-state index in [-0.39, 0.29) is 25.2 Å². The molecule has 0 bridgehead atoms. The topological polar surface area (TPSA) is 93.1 Å². The predicted octanol–water partition coefficient (Wildman–Crippen LogP) is 10.2. The molecule has 0 fully saturated rings. The zero-order valence-corrected chi connectivity index (χ0v) is 29.9. The van der Waals surface area contributed by atoms with Crippen molar-refractivity contribution in [1.29, 1.82) is 0 Å². The minimum absolute atomic E-state index is 0.176. The Kier molecular flexibility index (Phi) is 32.6. The molecule has 0 atom stereocenters. The van der Waals surface area contributed by atoms with Gasteiger partial charge in [-0.2, -0.15) is 0 Å². The molecule has 0 aromatic heterocycles. The largest absolute Gasteiger partial charge is 0.465 e. The normalized spacial score (nSPS) is 12.7. The zero-order chi connectivity index (χ0) is 34.5. The maximum atomic E-state index is 12.2. The van der Waals surface area contributed by atoms with Gasteiger partial charge in [0, 0.05) is 12.8 Å². The van der Waals surface area contributed by atoms with Gasteiger partial charge in [0.05, 0.1) is 18.6 Å². The average Bonchev–Trinajstić information content (AvgIpc) is 3.08. The van der Waals surface area contributed by atoms with Gasteiger partial charge >= 0.3 is 11.9 Å². The van der Waals surface area contributed by atoms with Crippen LogP contribution in [0.2, 0.25) is 0 Å². The summed E-state index contributed by atoms with van der Waals surface area (Å²) >= 11 is 0. The molecular weight excluding hydrogens is 588 g/mol. The molecule has 47 heavy (non-hydrogen) atoms. The van der Waals surface area contributed by atoms with Gasteiger partial charge in [0.25, 0.3) is 0 Å². The number of carbonyl (C=O) groups excluding carboxylic acids is 2. The summed E-state index contributed by atoms with van der Waals surface area (Å²) in [6.07, 6.45) is 45.5. The Bertz CT molecular complexity index is 837. The molecule has 0 amide bonds. The van der Waals surface area contributed by atoms with Crippen LogP contribution in [-0.2, 0) is 19.1 Å². The molecule has 0 aromatic carbocycles. The third-order valence-electron chi connectivity index (χ3n) is 7.81. The number of hydrogen-bond donors (Lipinski definition) is 2. The second-order valence-corrected chi connectivity index (χ2v) is 12.3. The zero-order valence-electron chi connectivity index (χ0n) is 29.9. The Morgan fingerprint density at radius 1 is 0.468 bits per heavy atom. The highest BCUT2D eigenvalue weighted by atomic mass is 16.5. The van der Waals surface area contributed by atoms with Crippen LogP contribution in [0.4, 0.5) is 0 Å². The molecule has 6 heteroatoms. The van der Waals surface area contributed by atoms with Gasteiger partial charge in [-0.05, 0) is 77.0 Å². The van der Waals surface area contributed by atoms with Crippen LogP contribution in [0.1, 0.15) is 142 Å². The van der Waals surface area contributed by atoms with Gasteiger partial charge in [-0.25, -0.2) is 0 Å². The molecule has 0 heterocycles. The van der Waals surface area contributed by atoms with Crippen molar-refractivity contribution in [2.75, 3.05) is 26.4 Å². The molecule has 0 saturated heterocycles. The number of allylic oxidation sites excluding steroid dienone is 12. The smallest absolute Gasteiger partial charge is 0.305 e. The third kappa shape index (κ3) is 30.4. The van der Waals surface area contributed by atoms with E-state index in [1.807, 2.05) is 0 Å². The molecule has 0 spiro atoms. The fourth-order valence-corrected chi connectivity index (χ4v) is 4.66. The minimum atomic E-state index is -1.18. The van der Waals surface area contributed by atoms with Crippen LogP contribution in [-0.4, -0.2) is 48.6 Å². The lowest BCUT2D eigenvalue weighted by Gasteiger charge is -2.28. The Labute approximate surface area is 287 Å². The number of aliphatic hydroxyl groups is 2. The van der Waals surface area contributed by atoms with E-state index in [0.29, 0.717) is 12.8 Å². The van der Waals surface area contributed by atoms with E-state index in [4.69, 9.17) is 9.47 Å². The van der Waals surface area contributed by atoms with Gasteiger partial charge in [-0.15, -0.1) is 0 Å². The number of rotatable bonds is 32. The van der Waals surface area contributed by atoms with Crippen molar-refractivity contribution < 1.29 is 29.3 Å². The number of carbonyl (C=O) groups is 2. The van der Waals surface area contributed by atoms with Gasteiger partial charge in [0.15, 0.2) is 0 Å². The highest BCUT2D eigenvalue weighted by Crippen LogP contribution is 2.19. The number of ether oxygens (including phenoxy) is 2. The monoisotopic (exact) mass is 657 g/mol. The maximum Gasteiger partial charge on any atom is 0.305 e. The Balaban J connectivity index is 3.89. The molecule has 0 aromatic rings. The summed E-state index contributed by atoms with van der Waals surface area (Å²) in [4.78, 5) is 24.5. The Hall–Kier alpha value is -2.70. The highest BCUT2D eigenvalue weighted by Gasteiger charge is 2.32. The lowest BCUT2D eigenvalue weighted by Crippen LogP contribution is -2.41. The SMILES string of the molecule is CC/C=C\C/C=C\C/C=C\CCCCCCCC(=O)OCC(CO)(CO)COC(=O)CCCCCCC/C=C\C/C=C\C/C=C\CC. The first kappa shape index (κ1) is 44.3. The van der Waals surface area contributed by atoms with Crippen molar-refractivity contribution in [2.45, 2.75) is 142 Å². The van der Waals surface area contributed by atoms with Crippen molar-refractivity contribution in [3.8, 4) is 0 Å². The molecule has 0 aliphatic rings. The van der Waals surface area contributed by atoms with Crippen LogP contribution in [0.25, 0.3) is 0 Å². The number of aliphatic hydroxyl groups excluding tert-OH is 2. The van der Waals surface area contributed by atoms with Gasteiger partial charge in [0.2, 0.25) is 0 Å². The second-order valence-electron chi connectivity index (χ2n) is 12.3. The lowest BCUT2D eigenvalue weighted by molar-refractivity contribution is -0.159.